The molecule has 0 aliphatic heterocycles. The second-order valence-electron chi connectivity index (χ2n) is 4.68. The zero-order valence-electron chi connectivity index (χ0n) is 11.1. The van der Waals surface area contributed by atoms with E-state index in [0.717, 1.165) is 24.0 Å². The Hall–Kier alpha value is -1.63. The van der Waals surface area contributed by atoms with Gasteiger partial charge in [0.25, 0.3) is 0 Å². The molecule has 0 radical (unpaired) electrons. The molecule has 0 spiro atoms. The van der Waals surface area contributed by atoms with E-state index in [2.05, 4.69) is 5.32 Å². The second-order valence-corrected chi connectivity index (χ2v) is 4.68. The van der Waals surface area contributed by atoms with E-state index in [4.69, 9.17) is 15.9 Å². The van der Waals surface area contributed by atoms with Crippen molar-refractivity contribution in [2.24, 2.45) is 18.5 Å². The molecule has 0 aliphatic carbocycles. The van der Waals surface area contributed by atoms with Crippen molar-refractivity contribution in [1.29, 1.82) is 0 Å². The Balaban J connectivity index is 1.98. The molecule has 2 aromatic rings. The van der Waals surface area contributed by atoms with Gasteiger partial charge in [-0.3, -0.25) is 4.57 Å². The van der Waals surface area contributed by atoms with Crippen molar-refractivity contribution in [3.63, 3.8) is 0 Å². The number of aryl methyl sites for hydroxylation is 1. The summed E-state index contributed by atoms with van der Waals surface area (Å²) < 4.78 is 6.60. The molecule has 19 heavy (non-hydrogen) atoms. The van der Waals surface area contributed by atoms with Gasteiger partial charge >= 0.3 is 5.76 Å². The summed E-state index contributed by atoms with van der Waals surface area (Å²) >= 11 is 0. The molecule has 2 rings (SSSR count). The predicted molar refractivity (Wildman–Crippen MR) is 75.1 cm³/mol. The molecule has 104 valence electrons. The minimum atomic E-state index is -0.334. The third kappa shape index (κ3) is 3.23. The van der Waals surface area contributed by atoms with Gasteiger partial charge in [0.1, 0.15) is 0 Å². The van der Waals surface area contributed by atoms with Crippen molar-refractivity contribution in [3.05, 3.63) is 34.3 Å². The van der Waals surface area contributed by atoms with Crippen molar-refractivity contribution in [3.8, 4) is 0 Å². The summed E-state index contributed by atoms with van der Waals surface area (Å²) in [4.78, 5) is 11.4. The molecule has 1 heterocycles. The van der Waals surface area contributed by atoms with E-state index < -0.39 is 0 Å². The molecule has 0 aliphatic rings. The minimum Gasteiger partial charge on any atom is -0.408 e. The molecular formula is C13H20N4O2. The Kier molecular flexibility index (Phi) is 4.36. The molecule has 5 N–H and O–H groups in total. The van der Waals surface area contributed by atoms with Gasteiger partial charge in [0, 0.05) is 26.2 Å². The Morgan fingerprint density at radius 2 is 2.26 bits per heavy atom. The van der Waals surface area contributed by atoms with Gasteiger partial charge < -0.3 is 21.2 Å². The van der Waals surface area contributed by atoms with E-state index in [-0.39, 0.29) is 11.8 Å². The van der Waals surface area contributed by atoms with Crippen LogP contribution in [-0.2, 0) is 13.5 Å². The number of fused-ring (bicyclic) bond motifs is 1. The standard InChI is InChI=1S/C13H20N4O2/c1-17-11-6-9(2-3-12(11)19-13(17)18)4-5-16-8-10(15)7-14/h2-3,6,10,16H,4-5,7-8,14-15H2,1H3. The fourth-order valence-electron chi connectivity index (χ4n) is 1.93. The van der Waals surface area contributed by atoms with E-state index in [1.54, 1.807) is 7.05 Å². The van der Waals surface area contributed by atoms with Crippen LogP contribution in [0.15, 0.2) is 27.4 Å². The molecule has 0 saturated heterocycles. The third-order valence-corrected chi connectivity index (χ3v) is 3.16. The minimum absolute atomic E-state index is 0.00262. The van der Waals surface area contributed by atoms with Gasteiger partial charge in [-0.15, -0.1) is 0 Å². The topological polar surface area (TPSA) is 99.2 Å². The van der Waals surface area contributed by atoms with Crippen LogP contribution in [0, 0.1) is 0 Å². The summed E-state index contributed by atoms with van der Waals surface area (Å²) in [6, 6.07) is 5.77. The van der Waals surface area contributed by atoms with Gasteiger partial charge in [-0.05, 0) is 30.7 Å². The van der Waals surface area contributed by atoms with Gasteiger partial charge in [-0.1, -0.05) is 6.07 Å². The summed E-state index contributed by atoms with van der Waals surface area (Å²) in [5.41, 5.74) is 13.7. The normalized spacial score (nSPS) is 13.0. The molecule has 0 amide bonds. The van der Waals surface area contributed by atoms with Crippen LogP contribution in [0.2, 0.25) is 0 Å². The van der Waals surface area contributed by atoms with Crippen molar-refractivity contribution < 1.29 is 4.42 Å². The first-order chi connectivity index (χ1) is 9.11. The summed E-state index contributed by atoms with van der Waals surface area (Å²) in [7, 11) is 1.70. The highest BCUT2D eigenvalue weighted by Crippen LogP contribution is 2.14. The number of hydrogen-bond donors (Lipinski definition) is 3. The number of aromatic nitrogens is 1. The maximum absolute atomic E-state index is 11.4. The van der Waals surface area contributed by atoms with Crippen LogP contribution in [-0.4, -0.2) is 30.2 Å². The van der Waals surface area contributed by atoms with Crippen molar-refractivity contribution in [1.82, 2.24) is 9.88 Å². The molecule has 1 aromatic heterocycles. The highest BCUT2D eigenvalue weighted by molar-refractivity contribution is 5.73. The highest BCUT2D eigenvalue weighted by Gasteiger charge is 2.06. The lowest BCUT2D eigenvalue weighted by atomic mass is 10.1. The number of benzene rings is 1. The average molecular weight is 264 g/mol. The van der Waals surface area contributed by atoms with Crippen LogP contribution in [0.3, 0.4) is 0 Å². The first kappa shape index (κ1) is 13.8. The average Bonchev–Trinajstić information content (AvgIpc) is 2.70. The zero-order chi connectivity index (χ0) is 13.8. The zero-order valence-corrected chi connectivity index (χ0v) is 11.1. The van der Waals surface area contributed by atoms with Crippen LogP contribution in [0.5, 0.6) is 0 Å². The van der Waals surface area contributed by atoms with Gasteiger partial charge in [-0.2, -0.15) is 0 Å². The maximum Gasteiger partial charge on any atom is 0.419 e. The highest BCUT2D eigenvalue weighted by atomic mass is 16.4. The summed E-state index contributed by atoms with van der Waals surface area (Å²) in [6.07, 6.45) is 0.868. The fraction of sp³-hybridized carbons (Fsp3) is 0.462. The van der Waals surface area contributed by atoms with Crippen LogP contribution in [0.25, 0.3) is 11.1 Å². The Morgan fingerprint density at radius 3 is 3.00 bits per heavy atom. The molecule has 0 saturated carbocycles. The molecule has 1 aromatic carbocycles. The largest absolute Gasteiger partial charge is 0.419 e. The first-order valence-corrected chi connectivity index (χ1v) is 6.36. The molecule has 0 fully saturated rings. The Bertz CT molecular complexity index is 602. The van der Waals surface area contributed by atoms with Gasteiger partial charge in [0.05, 0.1) is 5.52 Å². The van der Waals surface area contributed by atoms with Crippen LogP contribution in [0.1, 0.15) is 5.56 Å². The molecule has 6 heteroatoms. The van der Waals surface area contributed by atoms with Crippen molar-refractivity contribution >= 4 is 11.1 Å². The summed E-state index contributed by atoms with van der Waals surface area (Å²) in [5, 5.41) is 3.26. The van der Waals surface area contributed by atoms with Gasteiger partial charge in [-0.25, -0.2) is 4.79 Å². The number of nitrogens with one attached hydrogen (secondary N) is 1. The number of hydrogen-bond acceptors (Lipinski definition) is 5. The lowest BCUT2D eigenvalue weighted by Crippen LogP contribution is -2.40. The molecule has 1 unspecified atom stereocenters. The number of rotatable bonds is 6. The van der Waals surface area contributed by atoms with Gasteiger partial charge in [0.2, 0.25) is 0 Å². The number of nitrogens with zero attached hydrogens (tertiary/aromatic N) is 1. The Morgan fingerprint density at radius 1 is 1.47 bits per heavy atom. The molecule has 1 atom stereocenters. The molecule has 0 bridgehead atoms. The lowest BCUT2D eigenvalue weighted by molar-refractivity contribution is 0.528. The van der Waals surface area contributed by atoms with E-state index in [1.807, 2.05) is 18.2 Å². The van der Waals surface area contributed by atoms with Gasteiger partial charge in [0.15, 0.2) is 5.58 Å². The van der Waals surface area contributed by atoms with Crippen LogP contribution >= 0.6 is 0 Å². The lowest BCUT2D eigenvalue weighted by Gasteiger charge is -2.10. The Labute approximate surface area is 111 Å². The third-order valence-electron chi connectivity index (χ3n) is 3.16. The molecule has 6 nitrogen and oxygen atoms in total. The van der Waals surface area contributed by atoms with Crippen LogP contribution < -0.4 is 22.5 Å². The summed E-state index contributed by atoms with van der Waals surface area (Å²) in [6.45, 7) is 2.02. The monoisotopic (exact) mass is 264 g/mol. The second kappa shape index (κ2) is 6.01. The van der Waals surface area contributed by atoms with Crippen molar-refractivity contribution in [2.45, 2.75) is 12.5 Å². The number of oxazole rings is 1. The van der Waals surface area contributed by atoms with Crippen LogP contribution in [0.4, 0.5) is 0 Å². The first-order valence-electron chi connectivity index (χ1n) is 6.36. The van der Waals surface area contributed by atoms with E-state index >= 15 is 0 Å². The summed E-state index contributed by atoms with van der Waals surface area (Å²) in [5.74, 6) is -0.334. The van der Waals surface area contributed by atoms with Crippen molar-refractivity contribution in [2.75, 3.05) is 19.6 Å². The smallest absolute Gasteiger partial charge is 0.408 e. The van der Waals surface area contributed by atoms with E-state index in [9.17, 15) is 4.79 Å². The number of nitrogens with two attached hydrogens (primary N) is 2. The maximum atomic E-state index is 11.4. The van der Waals surface area contributed by atoms with E-state index in [1.165, 1.54) is 4.57 Å². The quantitative estimate of drug-likeness (QED) is 0.614. The van der Waals surface area contributed by atoms with E-state index in [0.29, 0.717) is 18.7 Å². The predicted octanol–water partition coefficient (Wildman–Crippen LogP) is -0.450. The fourth-order valence-corrected chi connectivity index (χ4v) is 1.93. The SMILES string of the molecule is Cn1c(=O)oc2ccc(CCNCC(N)CN)cc21. The molecular weight excluding hydrogens is 244 g/mol.